The van der Waals surface area contributed by atoms with E-state index in [1.807, 2.05) is 0 Å². The Labute approximate surface area is 112 Å². The molecule has 0 fully saturated rings. The van der Waals surface area contributed by atoms with Crippen LogP contribution >= 0.6 is 11.6 Å². The van der Waals surface area contributed by atoms with Crippen molar-refractivity contribution < 1.29 is 14.1 Å². The van der Waals surface area contributed by atoms with Crippen LogP contribution in [0, 0.1) is 22.9 Å². The fraction of sp³-hybridized carbons (Fsp3) is 0.0909. The molecule has 1 aromatic carbocycles. The highest BCUT2D eigenvalue weighted by molar-refractivity contribution is 6.28. The van der Waals surface area contributed by atoms with Crippen LogP contribution < -0.4 is 4.74 Å². The highest BCUT2D eigenvalue weighted by Gasteiger charge is 2.20. The van der Waals surface area contributed by atoms with Crippen LogP contribution in [0.2, 0.25) is 5.28 Å². The Hall–Kier alpha value is -2.28. The van der Waals surface area contributed by atoms with Gasteiger partial charge >= 0.3 is 11.6 Å². The van der Waals surface area contributed by atoms with E-state index in [1.165, 1.54) is 6.07 Å². The van der Waals surface area contributed by atoms with E-state index in [0.29, 0.717) is 5.56 Å². The van der Waals surface area contributed by atoms with Gasteiger partial charge in [0.15, 0.2) is 11.6 Å². The van der Waals surface area contributed by atoms with Crippen LogP contribution in [0.15, 0.2) is 24.4 Å². The number of rotatable bonds is 3. The van der Waals surface area contributed by atoms with Gasteiger partial charge in [0, 0.05) is 0 Å². The van der Waals surface area contributed by atoms with Crippen molar-refractivity contribution in [3.8, 4) is 11.6 Å². The van der Waals surface area contributed by atoms with Crippen molar-refractivity contribution >= 4 is 17.3 Å². The largest absolute Gasteiger partial charge is 0.430 e. The molecule has 0 bridgehead atoms. The molecule has 1 heterocycles. The Kier molecular flexibility index (Phi) is 3.57. The summed E-state index contributed by atoms with van der Waals surface area (Å²) in [7, 11) is 0. The summed E-state index contributed by atoms with van der Waals surface area (Å²) in [6.07, 6.45) is 0.901. The van der Waals surface area contributed by atoms with Crippen molar-refractivity contribution in [1.29, 1.82) is 0 Å². The number of halogens is 2. The fourth-order valence-electron chi connectivity index (χ4n) is 1.34. The van der Waals surface area contributed by atoms with Crippen LogP contribution in [0.4, 0.5) is 10.1 Å². The molecule has 0 saturated heterocycles. The summed E-state index contributed by atoms with van der Waals surface area (Å²) >= 11 is 5.54. The average Bonchev–Trinajstić information content (AvgIpc) is 2.35. The first kappa shape index (κ1) is 13.2. The molecule has 2 rings (SSSR count). The lowest BCUT2D eigenvalue weighted by atomic mass is 10.2. The molecule has 0 amide bonds. The molecule has 0 aliphatic rings. The van der Waals surface area contributed by atoms with Crippen molar-refractivity contribution in [3.05, 3.63) is 51.2 Å². The van der Waals surface area contributed by atoms with Gasteiger partial charge < -0.3 is 4.74 Å². The maximum Gasteiger partial charge on any atom is 0.349 e. The van der Waals surface area contributed by atoms with Crippen LogP contribution in [0.25, 0.3) is 0 Å². The Balaban J connectivity index is 2.45. The Morgan fingerprint density at radius 1 is 1.47 bits per heavy atom. The SMILES string of the molecule is Cc1cccc(Oc2nc(Cl)ncc2[N+](=O)[O-])c1F. The molecule has 0 spiro atoms. The van der Waals surface area contributed by atoms with Gasteiger partial charge in [-0.15, -0.1) is 0 Å². The zero-order valence-electron chi connectivity index (χ0n) is 9.63. The maximum atomic E-state index is 13.7. The van der Waals surface area contributed by atoms with E-state index < -0.39 is 22.3 Å². The quantitative estimate of drug-likeness (QED) is 0.491. The number of nitro groups is 1. The fourth-order valence-corrected chi connectivity index (χ4v) is 1.47. The lowest BCUT2D eigenvalue weighted by Crippen LogP contribution is -1.99. The Morgan fingerprint density at radius 3 is 2.89 bits per heavy atom. The van der Waals surface area contributed by atoms with Crippen LogP contribution in [0.5, 0.6) is 11.6 Å². The van der Waals surface area contributed by atoms with Gasteiger partial charge in [-0.25, -0.2) is 9.37 Å². The molecular weight excluding hydrogens is 277 g/mol. The molecule has 19 heavy (non-hydrogen) atoms. The lowest BCUT2D eigenvalue weighted by molar-refractivity contribution is -0.386. The third-order valence-electron chi connectivity index (χ3n) is 2.27. The highest BCUT2D eigenvalue weighted by Crippen LogP contribution is 2.31. The molecule has 6 nitrogen and oxygen atoms in total. The first-order valence-corrected chi connectivity index (χ1v) is 5.46. The number of aromatic nitrogens is 2. The highest BCUT2D eigenvalue weighted by atomic mass is 35.5. The van der Waals surface area contributed by atoms with Crippen LogP contribution in [0.1, 0.15) is 5.56 Å². The summed E-state index contributed by atoms with van der Waals surface area (Å²) in [5.41, 5.74) is -0.148. The molecule has 0 aliphatic carbocycles. The predicted octanol–water partition coefficient (Wildman–Crippen LogP) is 3.28. The van der Waals surface area contributed by atoms with E-state index in [2.05, 4.69) is 9.97 Å². The van der Waals surface area contributed by atoms with Crippen molar-refractivity contribution in [2.75, 3.05) is 0 Å². The summed E-state index contributed by atoms with van der Waals surface area (Å²) < 4.78 is 18.9. The van der Waals surface area contributed by atoms with Gasteiger partial charge in [0.1, 0.15) is 6.20 Å². The number of benzene rings is 1. The Morgan fingerprint density at radius 2 is 2.21 bits per heavy atom. The van der Waals surface area contributed by atoms with E-state index >= 15 is 0 Å². The summed E-state index contributed by atoms with van der Waals surface area (Å²) in [4.78, 5) is 17.1. The third kappa shape index (κ3) is 2.76. The van der Waals surface area contributed by atoms with E-state index in [1.54, 1.807) is 19.1 Å². The topological polar surface area (TPSA) is 78.2 Å². The van der Waals surface area contributed by atoms with Crippen LogP contribution in [0.3, 0.4) is 0 Å². The molecule has 2 aromatic rings. The minimum Gasteiger partial charge on any atom is -0.430 e. The van der Waals surface area contributed by atoms with E-state index in [-0.39, 0.29) is 11.0 Å². The normalized spacial score (nSPS) is 10.3. The van der Waals surface area contributed by atoms with Gasteiger partial charge in [0.2, 0.25) is 5.28 Å². The zero-order valence-corrected chi connectivity index (χ0v) is 10.4. The summed E-state index contributed by atoms with van der Waals surface area (Å²) in [5, 5.41) is 10.6. The number of aryl methyl sites for hydroxylation is 1. The standard InChI is InChI=1S/C11H7ClFN3O3/c1-6-3-2-4-8(9(6)13)19-10-7(16(17)18)5-14-11(12)15-10/h2-5H,1H3. The summed E-state index contributed by atoms with van der Waals surface area (Å²) in [6, 6.07) is 4.44. The number of ether oxygens (including phenoxy) is 1. The van der Waals surface area contributed by atoms with E-state index in [4.69, 9.17) is 16.3 Å². The zero-order chi connectivity index (χ0) is 14.0. The smallest absolute Gasteiger partial charge is 0.349 e. The second kappa shape index (κ2) is 5.15. The molecular formula is C11H7ClFN3O3. The molecule has 0 atom stereocenters. The second-order valence-electron chi connectivity index (χ2n) is 3.58. The lowest BCUT2D eigenvalue weighted by Gasteiger charge is -2.07. The monoisotopic (exact) mass is 283 g/mol. The summed E-state index contributed by atoms with van der Waals surface area (Å²) in [6.45, 7) is 1.55. The van der Waals surface area contributed by atoms with E-state index in [9.17, 15) is 14.5 Å². The molecule has 0 saturated carbocycles. The van der Waals surface area contributed by atoms with Crippen molar-refractivity contribution in [2.24, 2.45) is 0 Å². The number of hydrogen-bond acceptors (Lipinski definition) is 5. The summed E-state index contributed by atoms with van der Waals surface area (Å²) in [5.74, 6) is -1.20. The first-order chi connectivity index (χ1) is 8.99. The van der Waals surface area contributed by atoms with Crippen molar-refractivity contribution in [2.45, 2.75) is 6.92 Å². The average molecular weight is 284 g/mol. The Bertz CT molecular complexity index is 651. The maximum absolute atomic E-state index is 13.7. The predicted molar refractivity (Wildman–Crippen MR) is 64.9 cm³/mol. The molecule has 0 radical (unpaired) electrons. The van der Waals surface area contributed by atoms with Gasteiger partial charge in [-0.1, -0.05) is 12.1 Å². The van der Waals surface area contributed by atoms with Gasteiger partial charge in [-0.3, -0.25) is 10.1 Å². The molecule has 1 aromatic heterocycles. The van der Waals surface area contributed by atoms with Crippen molar-refractivity contribution in [3.63, 3.8) is 0 Å². The van der Waals surface area contributed by atoms with Crippen LogP contribution in [-0.4, -0.2) is 14.9 Å². The van der Waals surface area contributed by atoms with E-state index in [0.717, 1.165) is 6.20 Å². The van der Waals surface area contributed by atoms with Gasteiger partial charge in [0.25, 0.3) is 0 Å². The van der Waals surface area contributed by atoms with Gasteiger partial charge in [-0.05, 0) is 30.2 Å². The molecule has 98 valence electrons. The first-order valence-electron chi connectivity index (χ1n) is 5.09. The minimum absolute atomic E-state index is 0.169. The molecule has 0 aliphatic heterocycles. The van der Waals surface area contributed by atoms with Crippen molar-refractivity contribution in [1.82, 2.24) is 9.97 Å². The van der Waals surface area contributed by atoms with Crippen LogP contribution in [-0.2, 0) is 0 Å². The minimum atomic E-state index is -0.737. The third-order valence-corrected chi connectivity index (χ3v) is 2.45. The van der Waals surface area contributed by atoms with Gasteiger partial charge in [-0.2, -0.15) is 4.98 Å². The number of hydrogen-bond donors (Lipinski definition) is 0. The number of nitrogens with zero attached hydrogens (tertiary/aromatic N) is 3. The molecule has 0 N–H and O–H groups in total. The second-order valence-corrected chi connectivity index (χ2v) is 3.91. The molecule has 0 unspecified atom stereocenters. The van der Waals surface area contributed by atoms with Gasteiger partial charge in [0.05, 0.1) is 4.92 Å². The molecule has 8 heteroatoms.